The summed E-state index contributed by atoms with van der Waals surface area (Å²) in [6, 6.07) is -0.548. The highest BCUT2D eigenvalue weighted by atomic mass is 16.5. The Labute approximate surface area is 487 Å². The van der Waals surface area contributed by atoms with Crippen LogP contribution < -0.4 is 5.32 Å². The summed E-state index contributed by atoms with van der Waals surface area (Å²) < 4.78 is 5.47. The van der Waals surface area contributed by atoms with E-state index >= 15 is 0 Å². The van der Waals surface area contributed by atoms with Crippen LogP contribution in [-0.2, 0) is 14.3 Å². The van der Waals surface area contributed by atoms with Crippen LogP contribution in [0.25, 0.3) is 0 Å². The summed E-state index contributed by atoms with van der Waals surface area (Å²) in [4.78, 5) is 24.6. The Morgan fingerprint density at radius 3 is 1.00 bits per heavy atom. The minimum absolute atomic E-state index is 0.000240. The van der Waals surface area contributed by atoms with E-state index in [2.05, 4.69) is 55.6 Å². The standard InChI is InChI=1S/C72H137NO5/c1-3-5-7-9-11-13-15-17-18-19-20-21-25-28-31-34-37-41-44-48-52-56-60-64-70(75)69(68-74)73-71(76)65-61-57-53-49-45-42-38-35-32-29-26-23-22-24-27-30-33-36-39-43-47-51-55-59-63-67-78-72(77)66-62-58-54-50-46-40-16-14-12-10-8-6-4-2/h14,16,23-24,26-27,69-70,74-75H,3-13,15,17-22,25,28-68H2,1-2H3,(H,73,76)/b16-14-,26-23-,27-24-. The molecule has 2 unspecified atom stereocenters. The van der Waals surface area contributed by atoms with Gasteiger partial charge >= 0.3 is 5.97 Å². The van der Waals surface area contributed by atoms with Gasteiger partial charge in [-0.3, -0.25) is 9.59 Å². The van der Waals surface area contributed by atoms with Crippen molar-refractivity contribution in [2.45, 2.75) is 398 Å². The van der Waals surface area contributed by atoms with E-state index in [0.717, 1.165) is 51.4 Å². The zero-order valence-corrected chi connectivity index (χ0v) is 52.7. The Bertz CT molecular complexity index is 1260. The molecule has 0 aliphatic heterocycles. The molecule has 0 aromatic rings. The first-order chi connectivity index (χ1) is 38.5. The Balaban J connectivity index is 3.44. The van der Waals surface area contributed by atoms with E-state index in [0.29, 0.717) is 25.9 Å². The lowest BCUT2D eigenvalue weighted by Gasteiger charge is -2.22. The summed E-state index contributed by atoms with van der Waals surface area (Å²) in [5.74, 6) is -0.0369. The molecule has 0 aromatic carbocycles. The van der Waals surface area contributed by atoms with Gasteiger partial charge in [0.2, 0.25) is 5.91 Å². The quantitative estimate of drug-likeness (QED) is 0.0320. The monoisotopic (exact) mass is 1100 g/mol. The molecular weight excluding hydrogens is 959 g/mol. The zero-order chi connectivity index (χ0) is 56.4. The first-order valence-electron chi connectivity index (χ1n) is 35.2. The summed E-state index contributed by atoms with van der Waals surface area (Å²) in [5, 5.41) is 23.4. The van der Waals surface area contributed by atoms with Crippen molar-refractivity contribution in [2.75, 3.05) is 13.2 Å². The lowest BCUT2D eigenvalue weighted by molar-refractivity contribution is -0.143. The number of allylic oxidation sites excluding steroid dienone is 6. The van der Waals surface area contributed by atoms with Crippen molar-refractivity contribution in [2.24, 2.45) is 0 Å². The van der Waals surface area contributed by atoms with Gasteiger partial charge in [-0.25, -0.2) is 0 Å². The molecule has 0 aliphatic carbocycles. The average Bonchev–Trinajstić information content (AvgIpc) is 3.44. The number of amides is 1. The number of esters is 1. The van der Waals surface area contributed by atoms with E-state index in [1.165, 1.54) is 302 Å². The third-order valence-corrected chi connectivity index (χ3v) is 16.4. The SMILES string of the molecule is CCCCCC/C=C\CCCCCCCC(=O)OCCCCCCCCCCC/C=C\C/C=C\CCCCCCCCCCCC(=O)NC(CO)C(O)CCCCCCCCCCCCCCCCCCCCCCCCC. The minimum Gasteiger partial charge on any atom is -0.466 e. The Kier molecular flexibility index (Phi) is 65.9. The van der Waals surface area contributed by atoms with Crippen molar-refractivity contribution in [3.8, 4) is 0 Å². The van der Waals surface area contributed by atoms with Gasteiger partial charge in [-0.05, 0) is 83.5 Å². The molecule has 2 atom stereocenters. The molecule has 0 fully saturated rings. The number of nitrogens with one attached hydrogen (secondary N) is 1. The van der Waals surface area contributed by atoms with E-state index in [4.69, 9.17) is 4.74 Å². The molecule has 0 rings (SSSR count). The first kappa shape index (κ1) is 76.1. The van der Waals surface area contributed by atoms with Crippen molar-refractivity contribution in [3.63, 3.8) is 0 Å². The van der Waals surface area contributed by atoms with Crippen LogP contribution in [0.15, 0.2) is 36.5 Å². The van der Waals surface area contributed by atoms with Gasteiger partial charge in [-0.1, -0.05) is 326 Å². The fourth-order valence-corrected chi connectivity index (χ4v) is 11.0. The number of carbonyl (C=O) groups excluding carboxylic acids is 2. The fraction of sp³-hybridized carbons (Fsp3) is 0.889. The lowest BCUT2D eigenvalue weighted by atomic mass is 10.0. The van der Waals surface area contributed by atoms with Crippen LogP contribution in [0.5, 0.6) is 0 Å². The maximum Gasteiger partial charge on any atom is 0.305 e. The molecule has 0 aromatic heterocycles. The van der Waals surface area contributed by atoms with Crippen molar-refractivity contribution >= 4 is 11.9 Å². The lowest BCUT2D eigenvalue weighted by Crippen LogP contribution is -2.45. The van der Waals surface area contributed by atoms with Gasteiger partial charge in [0.05, 0.1) is 25.4 Å². The number of ether oxygens (including phenoxy) is 1. The fourth-order valence-electron chi connectivity index (χ4n) is 11.0. The maximum absolute atomic E-state index is 12.5. The molecule has 3 N–H and O–H groups in total. The molecule has 6 nitrogen and oxygen atoms in total. The predicted molar refractivity (Wildman–Crippen MR) is 343 cm³/mol. The molecule has 78 heavy (non-hydrogen) atoms. The Morgan fingerprint density at radius 2 is 0.641 bits per heavy atom. The summed E-state index contributed by atoms with van der Waals surface area (Å²) in [7, 11) is 0. The summed E-state index contributed by atoms with van der Waals surface area (Å²) in [6.07, 6.45) is 86.1. The first-order valence-corrected chi connectivity index (χ1v) is 35.2. The third-order valence-electron chi connectivity index (χ3n) is 16.4. The number of aliphatic hydroxyl groups is 2. The van der Waals surface area contributed by atoms with Crippen molar-refractivity contribution in [1.29, 1.82) is 0 Å². The molecule has 460 valence electrons. The minimum atomic E-state index is -0.670. The normalized spacial score (nSPS) is 12.7. The van der Waals surface area contributed by atoms with Gasteiger partial charge in [-0.15, -0.1) is 0 Å². The van der Waals surface area contributed by atoms with Crippen molar-refractivity contribution < 1.29 is 24.5 Å². The summed E-state index contributed by atoms with van der Waals surface area (Å²) in [6.45, 7) is 4.96. The van der Waals surface area contributed by atoms with Crippen LogP contribution in [0, 0.1) is 0 Å². The van der Waals surface area contributed by atoms with Gasteiger partial charge in [0.25, 0.3) is 0 Å². The molecule has 6 heteroatoms. The molecule has 0 bridgehead atoms. The Hall–Kier alpha value is -1.92. The summed E-state index contributed by atoms with van der Waals surface area (Å²) in [5.41, 5.74) is 0. The summed E-state index contributed by atoms with van der Waals surface area (Å²) >= 11 is 0. The highest BCUT2D eigenvalue weighted by molar-refractivity contribution is 5.76. The molecule has 0 saturated carbocycles. The zero-order valence-electron chi connectivity index (χ0n) is 52.7. The van der Waals surface area contributed by atoms with Crippen LogP contribution in [0.3, 0.4) is 0 Å². The predicted octanol–water partition coefficient (Wildman–Crippen LogP) is 22.7. The second-order valence-corrected chi connectivity index (χ2v) is 24.2. The number of hydrogen-bond donors (Lipinski definition) is 3. The van der Waals surface area contributed by atoms with Crippen LogP contribution in [0.1, 0.15) is 386 Å². The smallest absolute Gasteiger partial charge is 0.305 e. The van der Waals surface area contributed by atoms with Crippen molar-refractivity contribution in [3.05, 3.63) is 36.5 Å². The topological polar surface area (TPSA) is 95.9 Å². The number of unbranched alkanes of at least 4 members (excludes halogenated alkanes) is 49. The van der Waals surface area contributed by atoms with E-state index in [-0.39, 0.29) is 18.5 Å². The van der Waals surface area contributed by atoms with Crippen LogP contribution in [-0.4, -0.2) is 47.4 Å². The molecule has 0 saturated heterocycles. The average molecular weight is 1100 g/mol. The van der Waals surface area contributed by atoms with Crippen LogP contribution in [0.4, 0.5) is 0 Å². The van der Waals surface area contributed by atoms with Gasteiger partial charge in [0.1, 0.15) is 0 Å². The molecular formula is C72H137NO5. The van der Waals surface area contributed by atoms with E-state index in [1.807, 2.05) is 0 Å². The molecule has 0 radical (unpaired) electrons. The number of carbonyl (C=O) groups is 2. The number of aliphatic hydroxyl groups excluding tert-OH is 2. The highest BCUT2D eigenvalue weighted by Crippen LogP contribution is 2.18. The van der Waals surface area contributed by atoms with Gasteiger partial charge in [0.15, 0.2) is 0 Å². The van der Waals surface area contributed by atoms with Crippen molar-refractivity contribution in [1.82, 2.24) is 5.32 Å². The van der Waals surface area contributed by atoms with Crippen LogP contribution in [0.2, 0.25) is 0 Å². The van der Waals surface area contributed by atoms with Gasteiger partial charge < -0.3 is 20.3 Å². The molecule has 1 amide bonds. The third kappa shape index (κ3) is 63.3. The second kappa shape index (κ2) is 67.6. The van der Waals surface area contributed by atoms with E-state index < -0.39 is 12.1 Å². The highest BCUT2D eigenvalue weighted by Gasteiger charge is 2.20. The Morgan fingerprint density at radius 1 is 0.359 bits per heavy atom. The maximum atomic E-state index is 12.5. The molecule has 0 aliphatic rings. The molecule has 0 spiro atoms. The van der Waals surface area contributed by atoms with E-state index in [9.17, 15) is 19.8 Å². The number of hydrogen-bond acceptors (Lipinski definition) is 5. The van der Waals surface area contributed by atoms with Gasteiger partial charge in [0, 0.05) is 12.8 Å². The van der Waals surface area contributed by atoms with Gasteiger partial charge in [-0.2, -0.15) is 0 Å². The largest absolute Gasteiger partial charge is 0.466 e. The van der Waals surface area contributed by atoms with E-state index in [1.54, 1.807) is 0 Å². The molecule has 0 heterocycles. The van der Waals surface area contributed by atoms with Crippen LogP contribution >= 0.6 is 0 Å². The number of rotatable bonds is 66. The second-order valence-electron chi connectivity index (χ2n) is 24.2.